The second-order valence-corrected chi connectivity index (χ2v) is 2.92. The van der Waals surface area contributed by atoms with Gasteiger partial charge in [0.1, 0.15) is 5.71 Å². The summed E-state index contributed by atoms with van der Waals surface area (Å²) in [6, 6.07) is 3.02. The third-order valence-electron chi connectivity index (χ3n) is 1.90. The predicted octanol–water partition coefficient (Wildman–Crippen LogP) is 0.137. The van der Waals surface area contributed by atoms with Crippen LogP contribution < -0.4 is 5.32 Å². The molecule has 3 N–H and O–H groups in total. The van der Waals surface area contributed by atoms with E-state index in [2.05, 4.69) is 4.99 Å². The van der Waals surface area contributed by atoms with Gasteiger partial charge in [0, 0.05) is 5.56 Å². The molecule has 1 heterocycles. The van der Waals surface area contributed by atoms with Crippen molar-refractivity contribution in [2.24, 2.45) is 4.99 Å². The summed E-state index contributed by atoms with van der Waals surface area (Å²) in [6.45, 7) is 0. The quantitative estimate of drug-likeness (QED) is 0.569. The van der Waals surface area contributed by atoms with E-state index >= 15 is 0 Å². The van der Waals surface area contributed by atoms with Crippen LogP contribution in [0, 0.1) is 0 Å². The Morgan fingerprint density at radius 3 is 2.40 bits per heavy atom. The van der Waals surface area contributed by atoms with Crippen molar-refractivity contribution in [3.63, 3.8) is 0 Å². The molecular formula is C9H6N2O4. The predicted molar refractivity (Wildman–Crippen MR) is 49.8 cm³/mol. The summed E-state index contributed by atoms with van der Waals surface area (Å²) < 4.78 is 0. The van der Waals surface area contributed by atoms with Crippen molar-refractivity contribution in [1.29, 1.82) is 0 Å². The number of benzene rings is 1. The highest BCUT2D eigenvalue weighted by atomic mass is 16.3. The lowest BCUT2D eigenvalue weighted by Gasteiger charge is -2.00. The van der Waals surface area contributed by atoms with E-state index in [0.29, 0.717) is 0 Å². The number of aromatic hydroxyl groups is 2. The van der Waals surface area contributed by atoms with E-state index in [0.717, 1.165) is 6.07 Å². The van der Waals surface area contributed by atoms with E-state index in [4.69, 9.17) is 5.11 Å². The highest BCUT2D eigenvalue weighted by Gasteiger charge is 2.24. The van der Waals surface area contributed by atoms with Gasteiger partial charge in [-0.05, 0) is 18.2 Å². The lowest BCUT2D eigenvalue weighted by Crippen LogP contribution is -2.25. The van der Waals surface area contributed by atoms with Gasteiger partial charge in [-0.15, -0.1) is 0 Å². The van der Waals surface area contributed by atoms with E-state index in [1.54, 1.807) is 0 Å². The van der Waals surface area contributed by atoms with Crippen LogP contribution in [0.15, 0.2) is 23.2 Å². The zero-order valence-corrected chi connectivity index (χ0v) is 7.39. The first kappa shape index (κ1) is 9.20. The Labute approximate surface area is 83.9 Å². The molecular weight excluding hydrogens is 200 g/mol. The van der Waals surface area contributed by atoms with Gasteiger partial charge in [-0.1, -0.05) is 0 Å². The van der Waals surface area contributed by atoms with E-state index in [1.807, 2.05) is 5.32 Å². The number of phenolic OH excluding ortho intramolecular Hbond substituents is 2. The molecule has 0 spiro atoms. The van der Waals surface area contributed by atoms with Crippen LogP contribution in [-0.2, 0) is 4.79 Å². The van der Waals surface area contributed by atoms with Crippen molar-refractivity contribution in [3.05, 3.63) is 23.8 Å². The van der Waals surface area contributed by atoms with E-state index in [9.17, 15) is 14.7 Å². The normalized spacial score (nSPS) is 15.1. The number of phenols is 2. The van der Waals surface area contributed by atoms with Gasteiger partial charge in [-0.25, -0.2) is 4.79 Å². The molecule has 1 aliphatic heterocycles. The maximum atomic E-state index is 11.2. The van der Waals surface area contributed by atoms with Crippen LogP contribution in [0.2, 0.25) is 0 Å². The molecule has 0 fully saturated rings. The van der Waals surface area contributed by atoms with Crippen molar-refractivity contribution in [3.8, 4) is 11.5 Å². The molecule has 0 bridgehead atoms. The lowest BCUT2D eigenvalue weighted by atomic mass is 10.1. The van der Waals surface area contributed by atoms with Gasteiger partial charge in [0.05, 0.1) is 0 Å². The van der Waals surface area contributed by atoms with Crippen molar-refractivity contribution in [2.45, 2.75) is 0 Å². The fourth-order valence-electron chi connectivity index (χ4n) is 1.20. The van der Waals surface area contributed by atoms with Crippen molar-refractivity contribution >= 4 is 17.6 Å². The molecule has 1 aliphatic rings. The molecule has 1 aromatic carbocycles. The Morgan fingerprint density at radius 1 is 1.13 bits per heavy atom. The van der Waals surface area contributed by atoms with Crippen LogP contribution in [0.25, 0.3) is 0 Å². The molecule has 0 aromatic heterocycles. The Kier molecular flexibility index (Phi) is 1.89. The van der Waals surface area contributed by atoms with Crippen LogP contribution in [0.3, 0.4) is 0 Å². The topological polar surface area (TPSA) is 99.0 Å². The van der Waals surface area contributed by atoms with Gasteiger partial charge in [0.15, 0.2) is 11.5 Å². The Morgan fingerprint density at radius 2 is 1.87 bits per heavy atom. The van der Waals surface area contributed by atoms with Crippen LogP contribution in [-0.4, -0.2) is 27.9 Å². The molecule has 0 unspecified atom stereocenters. The number of nitrogens with one attached hydrogen (secondary N) is 1. The Balaban J connectivity index is 2.47. The van der Waals surface area contributed by atoms with Gasteiger partial charge in [0.25, 0.3) is 5.91 Å². The van der Waals surface area contributed by atoms with Gasteiger partial charge in [-0.3, -0.25) is 10.1 Å². The minimum atomic E-state index is -0.734. The average molecular weight is 206 g/mol. The summed E-state index contributed by atoms with van der Waals surface area (Å²) in [5, 5.41) is 20.2. The molecule has 0 saturated heterocycles. The second kappa shape index (κ2) is 3.09. The highest BCUT2D eigenvalue weighted by Crippen LogP contribution is 2.25. The maximum absolute atomic E-state index is 11.2. The van der Waals surface area contributed by atoms with Crippen molar-refractivity contribution in [1.82, 2.24) is 5.32 Å². The molecule has 1 aromatic rings. The third kappa shape index (κ3) is 1.52. The van der Waals surface area contributed by atoms with Crippen LogP contribution in [0.5, 0.6) is 11.5 Å². The number of aliphatic imine (C=N–C) groups is 1. The van der Waals surface area contributed by atoms with Crippen LogP contribution in [0.4, 0.5) is 4.79 Å². The average Bonchev–Trinajstić information content (AvgIpc) is 2.50. The molecule has 6 heteroatoms. The third-order valence-corrected chi connectivity index (χ3v) is 1.90. The number of imide groups is 1. The molecule has 76 valence electrons. The zero-order chi connectivity index (χ0) is 11.0. The van der Waals surface area contributed by atoms with E-state index < -0.39 is 11.9 Å². The first-order chi connectivity index (χ1) is 7.08. The van der Waals surface area contributed by atoms with E-state index in [-0.39, 0.29) is 22.8 Å². The molecule has 0 radical (unpaired) electrons. The molecule has 6 nitrogen and oxygen atoms in total. The van der Waals surface area contributed by atoms with Crippen LogP contribution in [0.1, 0.15) is 5.56 Å². The smallest absolute Gasteiger partial charge is 0.348 e. The van der Waals surface area contributed by atoms with Gasteiger partial charge in [-0.2, -0.15) is 4.99 Å². The number of carbonyl (C=O) groups excluding carboxylic acids is 2. The maximum Gasteiger partial charge on any atom is 0.348 e. The minimum Gasteiger partial charge on any atom is -0.504 e. The highest BCUT2D eigenvalue weighted by molar-refractivity contribution is 6.51. The molecule has 3 amide bonds. The monoisotopic (exact) mass is 206 g/mol. The molecule has 0 atom stereocenters. The van der Waals surface area contributed by atoms with Gasteiger partial charge >= 0.3 is 6.03 Å². The summed E-state index contributed by atoms with van der Waals surface area (Å²) in [7, 11) is 0. The Bertz CT molecular complexity index is 493. The number of carbonyl (C=O) groups is 2. The number of rotatable bonds is 1. The number of nitrogens with zero attached hydrogens (tertiary/aromatic N) is 1. The first-order valence-corrected chi connectivity index (χ1v) is 4.04. The second-order valence-electron chi connectivity index (χ2n) is 2.92. The largest absolute Gasteiger partial charge is 0.504 e. The molecule has 2 rings (SSSR count). The molecule has 0 saturated carbocycles. The zero-order valence-electron chi connectivity index (χ0n) is 7.39. The van der Waals surface area contributed by atoms with E-state index in [1.165, 1.54) is 12.1 Å². The first-order valence-electron chi connectivity index (χ1n) is 4.04. The van der Waals surface area contributed by atoms with Gasteiger partial charge < -0.3 is 10.2 Å². The summed E-state index contributed by atoms with van der Waals surface area (Å²) in [5.41, 5.74) is 0.198. The summed E-state index contributed by atoms with van der Waals surface area (Å²) >= 11 is 0. The molecule has 15 heavy (non-hydrogen) atoms. The Hall–Kier alpha value is -2.37. The summed E-state index contributed by atoms with van der Waals surface area (Å²) in [4.78, 5) is 25.4. The fourth-order valence-corrected chi connectivity index (χ4v) is 1.20. The standard InChI is InChI=1S/C9H6N2O4/c12-5-2-1-4(3-6(5)13)7-8(14)11-9(15)10-7/h1-3,12-13H,(H,11,14,15). The van der Waals surface area contributed by atoms with Crippen LogP contribution >= 0.6 is 0 Å². The van der Waals surface area contributed by atoms with Crippen molar-refractivity contribution < 1.29 is 19.8 Å². The van der Waals surface area contributed by atoms with Crippen molar-refractivity contribution in [2.75, 3.05) is 0 Å². The number of urea groups is 1. The fraction of sp³-hybridized carbons (Fsp3) is 0. The SMILES string of the molecule is O=C1N=C(c2ccc(O)c(O)c2)C(=O)N1. The number of hydrogen-bond donors (Lipinski definition) is 3. The number of hydrogen-bond acceptors (Lipinski definition) is 4. The summed E-state index contributed by atoms with van der Waals surface area (Å²) in [5.74, 6) is -1.29. The minimum absolute atomic E-state index is 0.0738. The lowest BCUT2D eigenvalue weighted by molar-refractivity contribution is -0.113. The number of amides is 3. The molecule has 0 aliphatic carbocycles. The van der Waals surface area contributed by atoms with Gasteiger partial charge in [0.2, 0.25) is 0 Å². The summed E-state index contributed by atoms with van der Waals surface area (Å²) in [6.07, 6.45) is 0.